The van der Waals surface area contributed by atoms with Crippen molar-refractivity contribution < 1.29 is 23.1 Å². The number of nitrogens with zero attached hydrogens (tertiary/aromatic N) is 3. The summed E-state index contributed by atoms with van der Waals surface area (Å²) < 4.78 is 36.4. The molecule has 8 nitrogen and oxygen atoms in total. The summed E-state index contributed by atoms with van der Waals surface area (Å²) in [6.07, 6.45) is 0.462. The number of benzene rings is 2. The van der Waals surface area contributed by atoms with E-state index in [9.17, 15) is 18.8 Å². The van der Waals surface area contributed by atoms with Crippen molar-refractivity contribution in [3.8, 4) is 11.1 Å². The standard InChI is InChI=1S/C37H48F2N4O4/c1-9-47-32(44)19-30(29-18-27(16-25(6)34(29)38)33-23(4)11-10-12-24(33)5)40-35(45)31(15-22(2)3)43-36(46)26(7)17-28(41-43)13-14-42-20-37(8,39)21-42/h10-12,16-18,22,30-31H,9,13-15,19-21H2,1-8H3,(H,40,45). The molecule has 0 spiro atoms. The number of rotatable bonds is 13. The van der Waals surface area contributed by atoms with Gasteiger partial charge in [0.2, 0.25) is 5.91 Å². The Morgan fingerprint density at radius 3 is 2.30 bits per heavy atom. The van der Waals surface area contributed by atoms with Crippen LogP contribution in [0.5, 0.6) is 0 Å². The lowest BCUT2D eigenvalue weighted by Gasteiger charge is -2.42. The molecule has 1 aliphatic rings. The van der Waals surface area contributed by atoms with Gasteiger partial charge in [0.15, 0.2) is 0 Å². The van der Waals surface area contributed by atoms with E-state index >= 15 is 4.39 Å². The first kappa shape index (κ1) is 35.9. The number of alkyl halides is 1. The Morgan fingerprint density at radius 2 is 1.70 bits per heavy atom. The first-order valence-corrected chi connectivity index (χ1v) is 16.4. The summed E-state index contributed by atoms with van der Waals surface area (Å²) in [7, 11) is 0. The van der Waals surface area contributed by atoms with Gasteiger partial charge in [-0.05, 0) is 99.9 Å². The Labute approximate surface area is 276 Å². The molecular formula is C37H48F2N4O4. The third-order valence-corrected chi connectivity index (χ3v) is 8.67. The number of ether oxygens (including phenoxy) is 1. The third-order valence-electron chi connectivity index (χ3n) is 8.67. The number of aryl methyl sites for hydroxylation is 4. The number of hydrogen-bond donors (Lipinski definition) is 1. The monoisotopic (exact) mass is 650 g/mol. The zero-order valence-electron chi connectivity index (χ0n) is 28.9. The molecule has 0 aliphatic carbocycles. The van der Waals surface area contributed by atoms with Crippen molar-refractivity contribution in [1.29, 1.82) is 0 Å². The van der Waals surface area contributed by atoms with Crippen LogP contribution in [-0.4, -0.2) is 58.5 Å². The Kier molecular flexibility index (Phi) is 11.4. The molecule has 1 aliphatic heterocycles. The Balaban J connectivity index is 1.72. The van der Waals surface area contributed by atoms with Gasteiger partial charge >= 0.3 is 5.97 Å². The van der Waals surface area contributed by atoms with E-state index in [1.165, 1.54) is 4.68 Å². The minimum Gasteiger partial charge on any atom is -0.466 e. The van der Waals surface area contributed by atoms with E-state index in [4.69, 9.17) is 4.74 Å². The minimum absolute atomic E-state index is 0.00146. The van der Waals surface area contributed by atoms with Crippen LogP contribution in [0.4, 0.5) is 8.78 Å². The van der Waals surface area contributed by atoms with Crippen LogP contribution >= 0.6 is 0 Å². The second-order valence-electron chi connectivity index (χ2n) is 13.6. The zero-order chi connectivity index (χ0) is 34.6. The lowest BCUT2D eigenvalue weighted by atomic mass is 9.90. The second kappa shape index (κ2) is 14.9. The predicted octanol–water partition coefficient (Wildman–Crippen LogP) is 6.27. The van der Waals surface area contributed by atoms with Gasteiger partial charge in [-0.3, -0.25) is 19.3 Å². The maximum Gasteiger partial charge on any atom is 0.308 e. The number of hydrogen-bond acceptors (Lipinski definition) is 6. The molecule has 254 valence electrons. The Morgan fingerprint density at radius 1 is 1.04 bits per heavy atom. The van der Waals surface area contributed by atoms with Gasteiger partial charge < -0.3 is 10.1 Å². The van der Waals surface area contributed by atoms with E-state index in [2.05, 4.69) is 10.4 Å². The van der Waals surface area contributed by atoms with Gasteiger partial charge in [-0.25, -0.2) is 13.5 Å². The highest BCUT2D eigenvalue weighted by molar-refractivity contribution is 5.82. The summed E-state index contributed by atoms with van der Waals surface area (Å²) in [4.78, 5) is 42.5. The average molecular weight is 651 g/mol. The molecule has 2 aromatic carbocycles. The van der Waals surface area contributed by atoms with E-state index in [0.29, 0.717) is 42.9 Å². The molecule has 1 fully saturated rings. The van der Waals surface area contributed by atoms with E-state index in [1.54, 1.807) is 45.9 Å². The fraction of sp³-hybridized carbons (Fsp3) is 0.514. The van der Waals surface area contributed by atoms with Crippen LogP contribution in [0.2, 0.25) is 0 Å². The van der Waals surface area contributed by atoms with Crippen molar-refractivity contribution in [2.24, 2.45) is 5.92 Å². The SMILES string of the molecule is CCOC(=O)CC(NC(=O)C(CC(C)C)n1nc(CCN2CC(C)(F)C2)cc(C)c1=O)c1cc(-c2c(C)cccc2C)cc(C)c1F. The van der Waals surface area contributed by atoms with Crippen molar-refractivity contribution in [2.75, 3.05) is 26.2 Å². The normalized spacial score (nSPS) is 15.6. The number of halogens is 2. The quantitative estimate of drug-likeness (QED) is 0.219. The van der Waals surface area contributed by atoms with Crippen molar-refractivity contribution in [3.63, 3.8) is 0 Å². The number of amides is 1. The smallest absolute Gasteiger partial charge is 0.308 e. The number of carbonyl (C=O) groups excluding carboxylic acids is 2. The van der Waals surface area contributed by atoms with Crippen LogP contribution in [0, 0.1) is 39.4 Å². The van der Waals surface area contributed by atoms with Crippen LogP contribution in [0.15, 0.2) is 41.2 Å². The number of aromatic nitrogens is 2. The minimum atomic E-state index is -1.20. The maximum atomic E-state index is 16.0. The van der Waals surface area contributed by atoms with E-state index < -0.39 is 41.0 Å². The molecule has 47 heavy (non-hydrogen) atoms. The van der Waals surface area contributed by atoms with Gasteiger partial charge in [0, 0.05) is 37.2 Å². The summed E-state index contributed by atoms with van der Waals surface area (Å²) in [5, 5.41) is 7.52. The number of esters is 1. The van der Waals surface area contributed by atoms with Crippen LogP contribution in [-0.2, 0) is 20.7 Å². The number of carbonyl (C=O) groups is 2. The van der Waals surface area contributed by atoms with Crippen LogP contribution in [0.3, 0.4) is 0 Å². The van der Waals surface area contributed by atoms with E-state index in [-0.39, 0.29) is 30.9 Å². The molecule has 1 saturated heterocycles. The Bertz CT molecular complexity index is 1660. The first-order valence-electron chi connectivity index (χ1n) is 16.4. The molecular weight excluding hydrogens is 602 g/mol. The van der Waals surface area contributed by atoms with Crippen molar-refractivity contribution in [1.82, 2.24) is 20.0 Å². The van der Waals surface area contributed by atoms with Gasteiger partial charge in [-0.1, -0.05) is 32.0 Å². The number of nitrogens with one attached hydrogen (secondary N) is 1. The molecule has 1 N–H and O–H groups in total. The average Bonchev–Trinajstić information content (AvgIpc) is 2.96. The summed E-state index contributed by atoms with van der Waals surface area (Å²) in [5.41, 5.74) is 3.72. The summed E-state index contributed by atoms with van der Waals surface area (Å²) in [5.74, 6) is -1.67. The lowest BCUT2D eigenvalue weighted by Crippen LogP contribution is -2.57. The molecule has 4 rings (SSSR count). The molecule has 2 heterocycles. The van der Waals surface area contributed by atoms with Gasteiger partial charge in [0.1, 0.15) is 17.5 Å². The van der Waals surface area contributed by atoms with E-state index in [0.717, 1.165) is 22.3 Å². The predicted molar refractivity (Wildman–Crippen MR) is 180 cm³/mol. The molecule has 0 radical (unpaired) electrons. The molecule has 1 aromatic heterocycles. The lowest BCUT2D eigenvalue weighted by molar-refractivity contribution is -0.144. The van der Waals surface area contributed by atoms with Crippen LogP contribution < -0.4 is 10.9 Å². The summed E-state index contributed by atoms with van der Waals surface area (Å²) >= 11 is 0. The van der Waals surface area contributed by atoms with Crippen molar-refractivity contribution >= 4 is 11.9 Å². The highest BCUT2D eigenvalue weighted by Gasteiger charge is 2.38. The molecule has 0 saturated carbocycles. The zero-order valence-corrected chi connectivity index (χ0v) is 28.9. The summed E-state index contributed by atoms with van der Waals surface area (Å²) in [6.45, 7) is 15.8. The highest BCUT2D eigenvalue weighted by atomic mass is 19.1. The van der Waals surface area contributed by atoms with Crippen molar-refractivity contribution in [3.05, 3.63) is 86.1 Å². The number of likely N-dealkylation sites (tertiary alicyclic amines) is 1. The molecule has 1 amide bonds. The van der Waals surface area contributed by atoms with Gasteiger partial charge in [-0.15, -0.1) is 0 Å². The topological polar surface area (TPSA) is 93.5 Å². The maximum absolute atomic E-state index is 16.0. The van der Waals surface area contributed by atoms with Crippen molar-refractivity contribution in [2.45, 2.75) is 92.4 Å². The molecule has 3 aromatic rings. The first-order chi connectivity index (χ1) is 22.1. The molecule has 10 heteroatoms. The fourth-order valence-corrected chi connectivity index (χ4v) is 6.48. The van der Waals surface area contributed by atoms with E-state index in [1.807, 2.05) is 50.8 Å². The van der Waals surface area contributed by atoms with Gasteiger partial charge in [0.25, 0.3) is 5.56 Å². The largest absolute Gasteiger partial charge is 0.466 e. The van der Waals surface area contributed by atoms with Crippen LogP contribution in [0.25, 0.3) is 11.1 Å². The molecule has 2 unspecified atom stereocenters. The fourth-order valence-electron chi connectivity index (χ4n) is 6.48. The second-order valence-corrected chi connectivity index (χ2v) is 13.6. The Hall–Kier alpha value is -3.92. The van der Waals surface area contributed by atoms with Gasteiger partial charge in [-0.2, -0.15) is 5.10 Å². The molecule has 2 atom stereocenters. The van der Waals surface area contributed by atoms with Gasteiger partial charge in [0.05, 0.1) is 24.8 Å². The summed E-state index contributed by atoms with van der Waals surface area (Å²) in [6, 6.07) is 9.00. The highest BCUT2D eigenvalue weighted by Crippen LogP contribution is 2.34. The van der Waals surface area contributed by atoms with Crippen LogP contribution in [0.1, 0.15) is 86.1 Å². The molecule has 0 bridgehead atoms. The third kappa shape index (κ3) is 8.71.